The minimum atomic E-state index is -3.99. The first-order valence-corrected chi connectivity index (χ1v) is 8.87. The molecule has 0 amide bonds. The average molecular weight is 383 g/mol. The molecule has 0 bridgehead atoms. The summed E-state index contributed by atoms with van der Waals surface area (Å²) in [5.74, 6) is -1.65. The molecule has 1 aliphatic heterocycles. The number of sulfonamides is 1. The van der Waals surface area contributed by atoms with E-state index in [9.17, 15) is 17.2 Å². The van der Waals surface area contributed by atoms with E-state index in [4.69, 9.17) is 5.73 Å². The van der Waals surface area contributed by atoms with E-state index in [-0.39, 0.29) is 29.5 Å². The third-order valence-corrected chi connectivity index (χ3v) is 6.67. The summed E-state index contributed by atoms with van der Waals surface area (Å²) in [6, 6.07) is 1.53. The van der Waals surface area contributed by atoms with Crippen LogP contribution in [0.3, 0.4) is 0 Å². The van der Waals surface area contributed by atoms with Crippen LogP contribution in [0.2, 0.25) is 0 Å². The van der Waals surface area contributed by atoms with Gasteiger partial charge in [-0.2, -0.15) is 4.31 Å². The van der Waals surface area contributed by atoms with E-state index in [2.05, 4.69) is 15.9 Å². The zero-order chi connectivity index (χ0) is 15.8. The molecule has 0 spiro atoms. The first kappa shape index (κ1) is 16.8. The lowest BCUT2D eigenvalue weighted by Gasteiger charge is -2.33. The van der Waals surface area contributed by atoms with E-state index in [1.807, 2.05) is 6.92 Å². The third-order valence-electron chi connectivity index (χ3n) is 3.80. The molecule has 0 aliphatic carbocycles. The highest BCUT2D eigenvalue weighted by atomic mass is 79.9. The van der Waals surface area contributed by atoms with Crippen molar-refractivity contribution >= 4 is 26.0 Å². The molecule has 0 radical (unpaired) electrons. The molecule has 1 saturated heterocycles. The first-order valence-electron chi connectivity index (χ1n) is 6.63. The molecule has 21 heavy (non-hydrogen) atoms. The van der Waals surface area contributed by atoms with Gasteiger partial charge in [0.25, 0.3) is 0 Å². The van der Waals surface area contributed by atoms with Gasteiger partial charge in [0, 0.05) is 29.7 Å². The van der Waals surface area contributed by atoms with E-state index < -0.39 is 26.6 Å². The second-order valence-electron chi connectivity index (χ2n) is 5.30. The Morgan fingerprint density at radius 3 is 2.38 bits per heavy atom. The minimum Gasteiger partial charge on any atom is -0.328 e. The molecule has 0 saturated carbocycles. The molecule has 1 aliphatic rings. The van der Waals surface area contributed by atoms with Crippen molar-refractivity contribution in [2.24, 2.45) is 11.7 Å². The maximum atomic E-state index is 13.9. The second-order valence-corrected chi connectivity index (χ2v) is 8.03. The maximum Gasteiger partial charge on any atom is 0.247 e. The molecule has 8 heteroatoms. The number of nitrogens with two attached hydrogens (primary N) is 1. The summed E-state index contributed by atoms with van der Waals surface area (Å²) in [4.78, 5) is -0.511. The lowest BCUT2D eigenvalue weighted by molar-refractivity contribution is 0.250. The number of benzene rings is 1. The highest BCUT2D eigenvalue weighted by Crippen LogP contribution is 2.31. The minimum absolute atomic E-state index is 0.00384. The van der Waals surface area contributed by atoms with Crippen molar-refractivity contribution in [3.63, 3.8) is 0 Å². The van der Waals surface area contributed by atoms with Crippen LogP contribution in [0.1, 0.15) is 19.8 Å². The smallest absolute Gasteiger partial charge is 0.247 e. The SMILES string of the molecule is CC(N)C1CCN(S(=O)(=O)c2c(F)cc(F)cc2Br)CC1. The Balaban J connectivity index is 2.28. The summed E-state index contributed by atoms with van der Waals surface area (Å²) in [7, 11) is -3.99. The fourth-order valence-corrected chi connectivity index (χ4v) is 5.13. The third kappa shape index (κ3) is 3.44. The van der Waals surface area contributed by atoms with Gasteiger partial charge in [0.05, 0.1) is 0 Å². The van der Waals surface area contributed by atoms with Crippen LogP contribution in [0.15, 0.2) is 21.5 Å². The predicted molar refractivity (Wildman–Crippen MR) is 79.2 cm³/mol. The van der Waals surface area contributed by atoms with Crippen LogP contribution in [-0.2, 0) is 10.0 Å². The Hall–Kier alpha value is -0.570. The van der Waals surface area contributed by atoms with E-state index in [0.717, 1.165) is 6.07 Å². The molecule has 1 heterocycles. The fraction of sp³-hybridized carbons (Fsp3) is 0.538. The Morgan fingerprint density at radius 2 is 1.90 bits per heavy atom. The molecule has 1 aromatic rings. The number of nitrogens with zero attached hydrogens (tertiary/aromatic N) is 1. The van der Waals surface area contributed by atoms with Gasteiger partial charge >= 0.3 is 0 Å². The van der Waals surface area contributed by atoms with Gasteiger partial charge in [-0.15, -0.1) is 0 Å². The summed E-state index contributed by atoms with van der Waals surface area (Å²) in [5.41, 5.74) is 5.82. The van der Waals surface area contributed by atoms with Gasteiger partial charge in [-0.3, -0.25) is 0 Å². The first-order chi connectivity index (χ1) is 9.73. The summed E-state index contributed by atoms with van der Waals surface area (Å²) < 4.78 is 53.1. The van der Waals surface area contributed by atoms with Crippen LogP contribution >= 0.6 is 15.9 Å². The molecule has 1 fully saturated rings. The molecule has 118 valence electrons. The molecule has 1 aromatic carbocycles. The van der Waals surface area contributed by atoms with Crippen LogP contribution in [0, 0.1) is 17.6 Å². The number of hydrogen-bond acceptors (Lipinski definition) is 3. The van der Waals surface area contributed by atoms with Crippen molar-refractivity contribution in [2.75, 3.05) is 13.1 Å². The van der Waals surface area contributed by atoms with Gasteiger partial charge in [0.15, 0.2) is 0 Å². The van der Waals surface area contributed by atoms with Crippen molar-refractivity contribution in [1.82, 2.24) is 4.31 Å². The lowest BCUT2D eigenvalue weighted by atomic mass is 9.92. The summed E-state index contributed by atoms with van der Waals surface area (Å²) >= 11 is 2.93. The van der Waals surface area contributed by atoms with Crippen LogP contribution < -0.4 is 5.73 Å². The largest absolute Gasteiger partial charge is 0.328 e. The Labute approximate surface area is 131 Å². The van der Waals surface area contributed by atoms with E-state index in [0.29, 0.717) is 18.9 Å². The Kier molecular flexibility index (Phi) is 5.02. The van der Waals surface area contributed by atoms with Gasteiger partial charge in [-0.05, 0) is 47.7 Å². The molecule has 1 atom stereocenters. The van der Waals surface area contributed by atoms with Crippen LogP contribution in [0.4, 0.5) is 8.78 Å². The van der Waals surface area contributed by atoms with E-state index in [1.165, 1.54) is 4.31 Å². The highest BCUT2D eigenvalue weighted by molar-refractivity contribution is 9.10. The van der Waals surface area contributed by atoms with Crippen LogP contribution in [0.25, 0.3) is 0 Å². The van der Waals surface area contributed by atoms with E-state index >= 15 is 0 Å². The van der Waals surface area contributed by atoms with Gasteiger partial charge < -0.3 is 5.73 Å². The number of halogens is 3. The van der Waals surface area contributed by atoms with Gasteiger partial charge in [0.1, 0.15) is 16.5 Å². The van der Waals surface area contributed by atoms with Crippen LogP contribution in [0.5, 0.6) is 0 Å². The van der Waals surface area contributed by atoms with Crippen molar-refractivity contribution in [3.05, 3.63) is 28.2 Å². The summed E-state index contributed by atoms with van der Waals surface area (Å²) in [6.45, 7) is 2.47. The fourth-order valence-electron chi connectivity index (χ4n) is 2.55. The molecule has 0 aromatic heterocycles. The van der Waals surface area contributed by atoms with Crippen molar-refractivity contribution < 1.29 is 17.2 Å². The Bertz CT molecular complexity index is 606. The van der Waals surface area contributed by atoms with Gasteiger partial charge in [-0.1, -0.05) is 0 Å². The second kappa shape index (κ2) is 6.28. The molecular weight excluding hydrogens is 366 g/mol. The zero-order valence-corrected chi connectivity index (χ0v) is 13.9. The predicted octanol–water partition coefficient (Wildman–Crippen LogP) is 2.48. The topological polar surface area (TPSA) is 63.4 Å². The standard InChI is InChI=1S/C13H17BrF2N2O2S/c1-8(17)9-2-4-18(5-3-9)21(19,20)13-11(14)6-10(15)7-12(13)16/h6-9H,2-5,17H2,1H3. The normalized spacial score (nSPS) is 19.7. The number of rotatable bonds is 3. The molecule has 1 unspecified atom stereocenters. The number of piperidine rings is 1. The average Bonchev–Trinajstić information content (AvgIpc) is 2.37. The van der Waals surface area contributed by atoms with Crippen molar-refractivity contribution in [1.29, 1.82) is 0 Å². The van der Waals surface area contributed by atoms with Crippen LogP contribution in [-0.4, -0.2) is 31.9 Å². The lowest BCUT2D eigenvalue weighted by Crippen LogP contribution is -2.42. The maximum absolute atomic E-state index is 13.9. The molecule has 2 N–H and O–H groups in total. The monoisotopic (exact) mass is 382 g/mol. The van der Waals surface area contributed by atoms with E-state index in [1.54, 1.807) is 0 Å². The Morgan fingerprint density at radius 1 is 1.33 bits per heavy atom. The summed E-state index contributed by atoms with van der Waals surface area (Å²) in [6.07, 6.45) is 1.27. The van der Waals surface area contributed by atoms with Gasteiger partial charge in [0.2, 0.25) is 10.0 Å². The zero-order valence-electron chi connectivity index (χ0n) is 11.5. The number of hydrogen-bond donors (Lipinski definition) is 1. The van der Waals surface area contributed by atoms with Gasteiger partial charge in [-0.25, -0.2) is 17.2 Å². The van der Waals surface area contributed by atoms with Crippen molar-refractivity contribution in [2.45, 2.75) is 30.7 Å². The van der Waals surface area contributed by atoms with Crippen molar-refractivity contribution in [3.8, 4) is 0 Å². The molecule has 4 nitrogen and oxygen atoms in total. The summed E-state index contributed by atoms with van der Waals surface area (Å²) in [5, 5.41) is 0. The molecule has 2 rings (SSSR count). The quantitative estimate of drug-likeness (QED) is 0.873. The molecular formula is C13H17BrF2N2O2S. The highest BCUT2D eigenvalue weighted by Gasteiger charge is 2.34.